The molecular weight excluding hydrogens is 383 g/mol. The molecule has 0 bridgehead atoms. The topological polar surface area (TPSA) is 84.5 Å². The van der Waals surface area contributed by atoms with Crippen LogP contribution in [0.25, 0.3) is 0 Å². The van der Waals surface area contributed by atoms with Crippen molar-refractivity contribution in [1.82, 2.24) is 4.72 Å². The second-order valence-electron chi connectivity index (χ2n) is 5.35. The molecule has 6 nitrogen and oxygen atoms in total. The number of carbonyl (C=O) groups excluding carboxylic acids is 1. The van der Waals surface area contributed by atoms with E-state index in [2.05, 4.69) is 10.0 Å². The standard InChI is InChI=1S/C17H18ClFN2O4S/c1-3-8-20-26(23,24)16-9-11(4-7-15(16)25-2)17(22)21-12-5-6-14(19)13(18)10-12/h4-7,9-10,20H,3,8H2,1-2H3,(H,21,22). The highest BCUT2D eigenvalue weighted by Crippen LogP contribution is 2.26. The lowest BCUT2D eigenvalue weighted by Crippen LogP contribution is -2.25. The summed E-state index contributed by atoms with van der Waals surface area (Å²) in [5, 5.41) is 2.40. The van der Waals surface area contributed by atoms with Crippen LogP contribution in [0.4, 0.5) is 10.1 Å². The van der Waals surface area contributed by atoms with E-state index in [1.54, 1.807) is 0 Å². The Kier molecular flexibility index (Phi) is 6.57. The Labute approximate surface area is 156 Å². The zero-order valence-corrected chi connectivity index (χ0v) is 15.7. The molecule has 0 fully saturated rings. The first-order valence-corrected chi connectivity index (χ1v) is 9.58. The lowest BCUT2D eigenvalue weighted by molar-refractivity contribution is 0.102. The van der Waals surface area contributed by atoms with Crippen molar-refractivity contribution in [3.63, 3.8) is 0 Å². The smallest absolute Gasteiger partial charge is 0.255 e. The number of anilines is 1. The fourth-order valence-corrected chi connectivity index (χ4v) is 3.63. The van der Waals surface area contributed by atoms with Gasteiger partial charge in [-0.2, -0.15) is 0 Å². The van der Waals surface area contributed by atoms with E-state index < -0.39 is 21.7 Å². The predicted molar refractivity (Wildman–Crippen MR) is 97.8 cm³/mol. The number of ether oxygens (including phenoxy) is 1. The first-order valence-electron chi connectivity index (χ1n) is 7.72. The van der Waals surface area contributed by atoms with Crippen LogP contribution in [0.2, 0.25) is 5.02 Å². The van der Waals surface area contributed by atoms with Crippen LogP contribution >= 0.6 is 11.6 Å². The molecule has 2 aromatic rings. The fraction of sp³-hybridized carbons (Fsp3) is 0.235. The van der Waals surface area contributed by atoms with Crippen molar-refractivity contribution in [2.45, 2.75) is 18.2 Å². The number of sulfonamides is 1. The van der Waals surface area contributed by atoms with Gasteiger partial charge in [-0.15, -0.1) is 0 Å². The zero-order valence-electron chi connectivity index (χ0n) is 14.2. The molecule has 2 N–H and O–H groups in total. The maximum atomic E-state index is 13.2. The molecule has 0 unspecified atom stereocenters. The monoisotopic (exact) mass is 400 g/mol. The summed E-state index contributed by atoms with van der Waals surface area (Å²) < 4.78 is 45.5. The Morgan fingerprint density at radius 3 is 2.58 bits per heavy atom. The van der Waals surface area contributed by atoms with Crippen LogP contribution in [0.5, 0.6) is 5.75 Å². The first kappa shape index (κ1) is 20.2. The maximum Gasteiger partial charge on any atom is 0.255 e. The van der Waals surface area contributed by atoms with Crippen molar-refractivity contribution in [2.75, 3.05) is 19.0 Å². The van der Waals surface area contributed by atoms with Crippen molar-refractivity contribution in [3.05, 3.63) is 52.8 Å². The minimum absolute atomic E-state index is 0.100. The molecule has 2 rings (SSSR count). The van der Waals surface area contributed by atoms with Crippen molar-refractivity contribution < 1.29 is 22.3 Å². The van der Waals surface area contributed by atoms with Gasteiger partial charge < -0.3 is 10.1 Å². The molecule has 0 aromatic heterocycles. The molecule has 0 aliphatic carbocycles. The average Bonchev–Trinajstić information content (AvgIpc) is 2.62. The first-order chi connectivity index (χ1) is 12.3. The number of hydrogen-bond donors (Lipinski definition) is 2. The Bertz CT molecular complexity index is 919. The van der Waals surface area contributed by atoms with Crippen molar-refractivity contribution in [2.24, 2.45) is 0 Å². The van der Waals surface area contributed by atoms with Gasteiger partial charge in [-0.25, -0.2) is 17.5 Å². The number of methoxy groups -OCH3 is 1. The third kappa shape index (κ3) is 4.72. The third-order valence-corrected chi connectivity index (χ3v) is 5.21. The van der Waals surface area contributed by atoms with E-state index in [0.717, 1.165) is 6.07 Å². The van der Waals surface area contributed by atoms with Crippen molar-refractivity contribution >= 4 is 33.2 Å². The SMILES string of the molecule is CCCNS(=O)(=O)c1cc(C(=O)Nc2ccc(F)c(Cl)c2)ccc1OC. The fourth-order valence-electron chi connectivity index (χ4n) is 2.12. The van der Waals surface area contributed by atoms with Gasteiger partial charge in [0, 0.05) is 17.8 Å². The van der Waals surface area contributed by atoms with Gasteiger partial charge in [0.15, 0.2) is 0 Å². The van der Waals surface area contributed by atoms with Crippen LogP contribution in [0.1, 0.15) is 23.7 Å². The predicted octanol–water partition coefficient (Wildman–Crippen LogP) is 3.43. The van der Waals surface area contributed by atoms with Crippen LogP contribution in [-0.4, -0.2) is 28.0 Å². The number of benzene rings is 2. The Hall–Kier alpha value is -2.16. The molecule has 0 atom stereocenters. The van der Waals surface area contributed by atoms with Crippen molar-refractivity contribution in [1.29, 1.82) is 0 Å². The molecule has 140 valence electrons. The lowest BCUT2D eigenvalue weighted by atomic mass is 10.2. The molecule has 0 spiro atoms. The molecule has 0 radical (unpaired) electrons. The summed E-state index contributed by atoms with van der Waals surface area (Å²) in [6.45, 7) is 2.09. The van der Waals surface area contributed by atoms with Crippen molar-refractivity contribution in [3.8, 4) is 5.75 Å². The third-order valence-electron chi connectivity index (χ3n) is 3.43. The van der Waals surface area contributed by atoms with Gasteiger partial charge in [0.25, 0.3) is 5.91 Å². The summed E-state index contributed by atoms with van der Waals surface area (Å²) in [6, 6.07) is 7.78. The Morgan fingerprint density at radius 1 is 1.23 bits per heavy atom. The van der Waals surface area contributed by atoms with E-state index in [9.17, 15) is 17.6 Å². The Balaban J connectivity index is 2.33. The molecule has 9 heteroatoms. The highest BCUT2D eigenvalue weighted by Gasteiger charge is 2.21. The van der Waals surface area contributed by atoms with E-state index >= 15 is 0 Å². The molecule has 0 heterocycles. The number of nitrogens with one attached hydrogen (secondary N) is 2. The summed E-state index contributed by atoms with van der Waals surface area (Å²) in [5.74, 6) is -1.05. The van der Waals surface area contributed by atoms with E-state index in [1.165, 1.54) is 37.4 Å². The van der Waals surface area contributed by atoms with Gasteiger partial charge in [0.1, 0.15) is 16.5 Å². The minimum atomic E-state index is -3.83. The van der Waals surface area contributed by atoms with Gasteiger partial charge in [-0.1, -0.05) is 18.5 Å². The van der Waals surface area contributed by atoms with E-state index in [0.29, 0.717) is 6.42 Å². The quantitative estimate of drug-likeness (QED) is 0.745. The van der Waals surface area contributed by atoms with Crippen LogP contribution in [0, 0.1) is 5.82 Å². The Morgan fingerprint density at radius 2 is 1.96 bits per heavy atom. The van der Waals surface area contributed by atoms with E-state index in [1.807, 2.05) is 6.92 Å². The second kappa shape index (κ2) is 8.48. The highest BCUT2D eigenvalue weighted by atomic mass is 35.5. The largest absolute Gasteiger partial charge is 0.495 e. The molecule has 0 aliphatic heterocycles. The number of halogens is 2. The van der Waals surface area contributed by atoms with Gasteiger partial charge >= 0.3 is 0 Å². The summed E-state index contributed by atoms with van der Waals surface area (Å²) in [7, 11) is -2.49. The molecule has 0 aliphatic rings. The second-order valence-corrected chi connectivity index (χ2v) is 7.49. The van der Waals surface area contributed by atoms with Gasteiger partial charge in [-0.05, 0) is 42.8 Å². The highest BCUT2D eigenvalue weighted by molar-refractivity contribution is 7.89. The summed E-state index contributed by atoms with van der Waals surface area (Å²) in [4.78, 5) is 12.3. The average molecular weight is 401 g/mol. The number of amides is 1. The maximum absolute atomic E-state index is 13.2. The molecule has 2 aromatic carbocycles. The minimum Gasteiger partial charge on any atom is -0.495 e. The van der Waals surface area contributed by atoms with Gasteiger partial charge in [0.05, 0.1) is 12.1 Å². The molecule has 1 amide bonds. The van der Waals surface area contributed by atoms with Gasteiger partial charge in [0.2, 0.25) is 10.0 Å². The molecule has 0 saturated carbocycles. The summed E-state index contributed by atoms with van der Waals surface area (Å²) in [5.41, 5.74) is 0.383. The van der Waals surface area contributed by atoms with E-state index in [-0.39, 0.29) is 33.5 Å². The normalized spacial score (nSPS) is 11.2. The number of hydrogen-bond acceptors (Lipinski definition) is 4. The molecule has 26 heavy (non-hydrogen) atoms. The number of carbonyl (C=O) groups is 1. The number of rotatable bonds is 7. The molecular formula is C17H18ClFN2O4S. The van der Waals surface area contributed by atoms with Crippen LogP contribution < -0.4 is 14.8 Å². The van der Waals surface area contributed by atoms with E-state index in [4.69, 9.17) is 16.3 Å². The zero-order chi connectivity index (χ0) is 19.3. The summed E-state index contributed by atoms with van der Waals surface area (Å²) >= 11 is 5.69. The molecule has 0 saturated heterocycles. The van der Waals surface area contributed by atoms with Crippen LogP contribution in [-0.2, 0) is 10.0 Å². The van der Waals surface area contributed by atoms with Gasteiger partial charge in [-0.3, -0.25) is 4.79 Å². The van der Waals surface area contributed by atoms with Crippen LogP contribution in [0.15, 0.2) is 41.3 Å². The lowest BCUT2D eigenvalue weighted by Gasteiger charge is -2.12. The summed E-state index contributed by atoms with van der Waals surface area (Å²) in [6.07, 6.45) is 0.618. The van der Waals surface area contributed by atoms with Crippen LogP contribution in [0.3, 0.4) is 0 Å².